The Morgan fingerprint density at radius 1 is 0.652 bits per heavy atom. The van der Waals surface area contributed by atoms with Crippen molar-refractivity contribution in [2.75, 3.05) is 0 Å². The van der Waals surface area contributed by atoms with Crippen molar-refractivity contribution >= 4 is 0 Å². The fraction of sp³-hybridized carbons (Fsp3) is 1.00. The maximum atomic E-state index is 12.7. The van der Waals surface area contributed by atoms with Crippen LogP contribution in [0.3, 0.4) is 0 Å². The van der Waals surface area contributed by atoms with E-state index in [1.54, 1.807) is 0 Å². The van der Waals surface area contributed by atoms with Gasteiger partial charge in [-0.1, -0.05) is 71.1 Å². The fourth-order valence-corrected chi connectivity index (χ4v) is 4.74. The Kier molecular flexibility index (Phi) is 7.75. The first kappa shape index (κ1) is 19.1. The van der Waals surface area contributed by atoms with E-state index in [9.17, 15) is 13.2 Å². The van der Waals surface area contributed by atoms with Crippen molar-refractivity contribution in [3.63, 3.8) is 0 Å². The van der Waals surface area contributed by atoms with Crippen LogP contribution < -0.4 is 0 Å². The quantitative estimate of drug-likeness (QED) is 0.423. The Morgan fingerprint density at radius 2 is 1.09 bits per heavy atom. The van der Waals surface area contributed by atoms with Crippen LogP contribution in [0.5, 0.6) is 0 Å². The van der Waals surface area contributed by atoms with Gasteiger partial charge in [-0.2, -0.15) is 13.2 Å². The van der Waals surface area contributed by atoms with Crippen LogP contribution in [0, 0.1) is 23.7 Å². The van der Waals surface area contributed by atoms with E-state index in [0.717, 1.165) is 24.7 Å². The van der Waals surface area contributed by atoms with Gasteiger partial charge in [-0.25, -0.2) is 0 Å². The van der Waals surface area contributed by atoms with E-state index in [-0.39, 0.29) is 0 Å². The molecule has 2 saturated carbocycles. The van der Waals surface area contributed by atoms with Crippen molar-refractivity contribution < 1.29 is 13.2 Å². The van der Waals surface area contributed by atoms with E-state index in [2.05, 4.69) is 6.92 Å². The largest absolute Gasteiger partial charge is 0.391 e. The van der Waals surface area contributed by atoms with Crippen molar-refractivity contribution in [3.05, 3.63) is 0 Å². The average molecular weight is 332 g/mol. The van der Waals surface area contributed by atoms with Crippen LogP contribution in [0.15, 0.2) is 0 Å². The van der Waals surface area contributed by atoms with Gasteiger partial charge in [-0.15, -0.1) is 0 Å². The van der Waals surface area contributed by atoms with E-state index in [1.807, 2.05) is 0 Å². The Bertz CT molecular complexity index is 307. The Hall–Kier alpha value is -0.210. The molecule has 0 aromatic heterocycles. The van der Waals surface area contributed by atoms with Gasteiger partial charge in [0, 0.05) is 0 Å². The first-order valence-electron chi connectivity index (χ1n) is 10.1. The highest BCUT2D eigenvalue weighted by molar-refractivity contribution is 4.79. The molecule has 3 heteroatoms. The SMILES string of the molecule is CCCCCC1CCC(CCC2CCC(C(F)(F)F)CC2)CC1. The van der Waals surface area contributed by atoms with Gasteiger partial charge in [0.1, 0.15) is 0 Å². The monoisotopic (exact) mass is 332 g/mol. The lowest BCUT2D eigenvalue weighted by Crippen LogP contribution is -2.28. The minimum atomic E-state index is -3.96. The zero-order valence-corrected chi connectivity index (χ0v) is 14.8. The lowest BCUT2D eigenvalue weighted by Gasteiger charge is -2.32. The molecule has 0 atom stereocenters. The second-order valence-electron chi connectivity index (χ2n) is 8.22. The molecular formula is C20H35F3. The highest BCUT2D eigenvalue weighted by Gasteiger charge is 2.41. The highest BCUT2D eigenvalue weighted by Crippen LogP contribution is 2.42. The van der Waals surface area contributed by atoms with E-state index in [4.69, 9.17) is 0 Å². The second-order valence-corrected chi connectivity index (χ2v) is 8.22. The van der Waals surface area contributed by atoms with Crippen LogP contribution in [-0.4, -0.2) is 6.18 Å². The Balaban J connectivity index is 1.56. The molecule has 0 unspecified atom stereocenters. The van der Waals surface area contributed by atoms with Crippen molar-refractivity contribution in [2.24, 2.45) is 23.7 Å². The normalized spacial score (nSPS) is 32.9. The van der Waals surface area contributed by atoms with Gasteiger partial charge in [-0.3, -0.25) is 0 Å². The summed E-state index contributed by atoms with van der Waals surface area (Å²) in [5.41, 5.74) is 0. The number of unbranched alkanes of at least 4 members (excludes halogenated alkanes) is 2. The van der Waals surface area contributed by atoms with Gasteiger partial charge in [0.05, 0.1) is 5.92 Å². The van der Waals surface area contributed by atoms with Crippen LogP contribution in [0.4, 0.5) is 13.2 Å². The molecule has 0 nitrogen and oxygen atoms in total. The summed E-state index contributed by atoms with van der Waals surface area (Å²) in [4.78, 5) is 0. The highest BCUT2D eigenvalue weighted by atomic mass is 19.4. The molecule has 0 aliphatic heterocycles. The van der Waals surface area contributed by atoms with Crippen molar-refractivity contribution in [2.45, 2.75) is 103 Å². The summed E-state index contributed by atoms with van der Waals surface area (Å²) in [6.45, 7) is 2.26. The molecule has 2 rings (SSSR count). The molecule has 0 heterocycles. The van der Waals surface area contributed by atoms with Crippen molar-refractivity contribution in [1.29, 1.82) is 0 Å². The summed E-state index contributed by atoms with van der Waals surface area (Å²) in [7, 11) is 0. The molecule has 0 N–H and O–H groups in total. The lowest BCUT2D eigenvalue weighted by molar-refractivity contribution is -0.184. The summed E-state index contributed by atoms with van der Waals surface area (Å²) in [5, 5.41) is 0. The molecule has 0 bridgehead atoms. The van der Waals surface area contributed by atoms with Crippen LogP contribution in [0.1, 0.15) is 96.8 Å². The first-order chi connectivity index (χ1) is 11.0. The zero-order valence-electron chi connectivity index (χ0n) is 14.8. The van der Waals surface area contributed by atoms with Gasteiger partial charge >= 0.3 is 6.18 Å². The topological polar surface area (TPSA) is 0 Å². The molecule has 2 aliphatic carbocycles. The molecule has 0 aromatic rings. The zero-order chi connectivity index (χ0) is 16.7. The van der Waals surface area contributed by atoms with Crippen LogP contribution in [-0.2, 0) is 0 Å². The van der Waals surface area contributed by atoms with E-state index >= 15 is 0 Å². The molecule has 0 saturated heterocycles. The Morgan fingerprint density at radius 3 is 1.52 bits per heavy atom. The predicted molar refractivity (Wildman–Crippen MR) is 90.3 cm³/mol. The van der Waals surface area contributed by atoms with Gasteiger partial charge in [0.15, 0.2) is 0 Å². The van der Waals surface area contributed by atoms with E-state index < -0.39 is 12.1 Å². The second kappa shape index (κ2) is 9.32. The third-order valence-electron chi connectivity index (χ3n) is 6.48. The number of alkyl halides is 3. The molecule has 0 amide bonds. The maximum Gasteiger partial charge on any atom is 0.391 e. The van der Waals surface area contributed by atoms with Gasteiger partial charge in [-0.05, 0) is 43.4 Å². The average Bonchev–Trinajstić information content (AvgIpc) is 2.54. The summed E-state index contributed by atoms with van der Waals surface area (Å²) >= 11 is 0. The lowest BCUT2D eigenvalue weighted by atomic mass is 9.75. The molecule has 23 heavy (non-hydrogen) atoms. The molecule has 0 aromatic carbocycles. The molecular weight excluding hydrogens is 297 g/mol. The molecule has 136 valence electrons. The van der Waals surface area contributed by atoms with Crippen LogP contribution in [0.2, 0.25) is 0 Å². The first-order valence-corrected chi connectivity index (χ1v) is 10.1. The van der Waals surface area contributed by atoms with Crippen LogP contribution >= 0.6 is 0 Å². The Labute approximate surface area is 140 Å². The molecule has 0 radical (unpaired) electrons. The molecule has 2 aliphatic rings. The fourth-order valence-electron chi connectivity index (χ4n) is 4.74. The third kappa shape index (κ3) is 6.66. The summed E-state index contributed by atoms with van der Waals surface area (Å²) < 4.78 is 38.1. The van der Waals surface area contributed by atoms with Crippen molar-refractivity contribution in [3.8, 4) is 0 Å². The van der Waals surface area contributed by atoms with Gasteiger partial charge < -0.3 is 0 Å². The summed E-state index contributed by atoms with van der Waals surface area (Å²) in [6.07, 6.45) is 11.9. The smallest absolute Gasteiger partial charge is 0.171 e. The van der Waals surface area contributed by atoms with E-state index in [0.29, 0.717) is 18.8 Å². The standard InChI is InChI=1S/C20H35F3/c1-2-3-4-5-16-6-8-17(9-7-16)10-11-18-12-14-19(15-13-18)20(21,22)23/h16-19H,2-15H2,1H3. The maximum absolute atomic E-state index is 12.7. The third-order valence-corrected chi connectivity index (χ3v) is 6.48. The number of hydrogen-bond donors (Lipinski definition) is 0. The van der Waals surface area contributed by atoms with Crippen molar-refractivity contribution in [1.82, 2.24) is 0 Å². The molecule has 0 spiro atoms. The number of rotatable bonds is 7. The number of halogens is 3. The molecule has 2 fully saturated rings. The minimum Gasteiger partial charge on any atom is -0.171 e. The van der Waals surface area contributed by atoms with Crippen LogP contribution in [0.25, 0.3) is 0 Å². The predicted octanol–water partition coefficient (Wildman–Crippen LogP) is 7.52. The van der Waals surface area contributed by atoms with Gasteiger partial charge in [0.2, 0.25) is 0 Å². The summed E-state index contributed by atoms with van der Waals surface area (Å²) in [6, 6.07) is 0. The van der Waals surface area contributed by atoms with Gasteiger partial charge in [0.25, 0.3) is 0 Å². The minimum absolute atomic E-state index is 0.373. The summed E-state index contributed by atoms with van der Waals surface area (Å²) in [5.74, 6) is 1.37. The number of hydrogen-bond acceptors (Lipinski definition) is 0. The van der Waals surface area contributed by atoms with E-state index in [1.165, 1.54) is 64.2 Å².